The lowest BCUT2D eigenvalue weighted by molar-refractivity contribution is -0.129. The van der Waals surface area contributed by atoms with E-state index in [2.05, 4.69) is 4.99 Å². The Morgan fingerprint density at radius 2 is 1.76 bits per heavy atom. The van der Waals surface area contributed by atoms with Crippen molar-refractivity contribution >= 4 is 28.9 Å². The fourth-order valence-corrected chi connectivity index (χ4v) is 2.68. The zero-order chi connectivity index (χ0) is 17.4. The van der Waals surface area contributed by atoms with E-state index in [9.17, 15) is 9.59 Å². The predicted octanol–water partition coefficient (Wildman–Crippen LogP) is 3.45. The van der Waals surface area contributed by atoms with Crippen molar-refractivity contribution in [2.24, 2.45) is 4.99 Å². The molecular formula is C20H13NO4. The third-order valence-corrected chi connectivity index (χ3v) is 3.99. The Morgan fingerprint density at radius 3 is 2.60 bits per heavy atom. The first-order valence-corrected chi connectivity index (χ1v) is 7.72. The van der Waals surface area contributed by atoms with Crippen LogP contribution in [-0.4, -0.2) is 11.9 Å². The molecule has 25 heavy (non-hydrogen) atoms. The second-order valence-electron chi connectivity index (χ2n) is 5.67. The summed E-state index contributed by atoms with van der Waals surface area (Å²) >= 11 is 0. The van der Waals surface area contributed by atoms with Crippen molar-refractivity contribution in [1.29, 1.82) is 0 Å². The molecule has 0 spiro atoms. The highest BCUT2D eigenvalue weighted by Gasteiger charge is 2.25. The molecule has 1 aliphatic heterocycles. The molecule has 0 saturated carbocycles. The van der Waals surface area contributed by atoms with Gasteiger partial charge in [-0.15, -0.1) is 0 Å². The van der Waals surface area contributed by atoms with Crippen LogP contribution >= 0.6 is 0 Å². The molecular weight excluding hydrogens is 318 g/mol. The SMILES string of the molecule is Cc1ccccc1C1=NC(=Cc2coc3ccccc3c2=O)C(=O)O1. The lowest BCUT2D eigenvalue weighted by Crippen LogP contribution is -2.08. The van der Waals surface area contributed by atoms with Gasteiger partial charge in [0.1, 0.15) is 11.8 Å². The molecule has 2 heterocycles. The van der Waals surface area contributed by atoms with Crippen LogP contribution in [0.5, 0.6) is 0 Å². The molecule has 3 aromatic rings. The van der Waals surface area contributed by atoms with Crippen LogP contribution in [0.15, 0.2) is 74.7 Å². The summed E-state index contributed by atoms with van der Waals surface area (Å²) in [5.41, 5.74) is 2.28. The van der Waals surface area contributed by atoms with E-state index in [1.807, 2.05) is 31.2 Å². The molecule has 0 atom stereocenters. The van der Waals surface area contributed by atoms with Gasteiger partial charge in [-0.3, -0.25) is 4.79 Å². The monoisotopic (exact) mass is 331 g/mol. The number of aliphatic imine (C=N–C) groups is 1. The second-order valence-corrected chi connectivity index (χ2v) is 5.67. The van der Waals surface area contributed by atoms with E-state index < -0.39 is 5.97 Å². The Balaban J connectivity index is 1.79. The molecule has 0 bridgehead atoms. The molecule has 1 aliphatic rings. The maximum absolute atomic E-state index is 12.5. The molecule has 0 saturated heterocycles. The molecule has 0 radical (unpaired) electrons. The van der Waals surface area contributed by atoms with E-state index >= 15 is 0 Å². The summed E-state index contributed by atoms with van der Waals surface area (Å²) in [6, 6.07) is 14.4. The average molecular weight is 331 g/mol. The topological polar surface area (TPSA) is 68.9 Å². The first-order valence-electron chi connectivity index (χ1n) is 7.72. The number of cyclic esters (lactones) is 1. The molecule has 2 aromatic carbocycles. The number of hydrogen-bond donors (Lipinski definition) is 0. The van der Waals surface area contributed by atoms with Gasteiger partial charge in [0.2, 0.25) is 5.90 Å². The number of ether oxygens (including phenoxy) is 1. The highest BCUT2D eigenvalue weighted by molar-refractivity contribution is 6.13. The van der Waals surface area contributed by atoms with E-state index in [1.54, 1.807) is 24.3 Å². The van der Waals surface area contributed by atoms with Crippen molar-refractivity contribution in [3.63, 3.8) is 0 Å². The van der Waals surface area contributed by atoms with Crippen LogP contribution in [0.1, 0.15) is 16.7 Å². The van der Waals surface area contributed by atoms with Crippen molar-refractivity contribution in [2.45, 2.75) is 6.92 Å². The minimum absolute atomic E-state index is 0.0702. The summed E-state index contributed by atoms with van der Waals surface area (Å²) in [6.07, 6.45) is 2.72. The van der Waals surface area contributed by atoms with E-state index in [0.717, 1.165) is 11.1 Å². The van der Waals surface area contributed by atoms with Crippen LogP contribution in [-0.2, 0) is 9.53 Å². The lowest BCUT2D eigenvalue weighted by Gasteiger charge is -2.02. The molecule has 0 amide bonds. The third-order valence-electron chi connectivity index (χ3n) is 3.99. The van der Waals surface area contributed by atoms with Gasteiger partial charge in [-0.2, -0.15) is 0 Å². The van der Waals surface area contributed by atoms with Crippen LogP contribution in [0.2, 0.25) is 0 Å². The van der Waals surface area contributed by atoms with E-state index in [1.165, 1.54) is 12.3 Å². The Labute approximate surface area is 142 Å². The lowest BCUT2D eigenvalue weighted by atomic mass is 10.1. The van der Waals surface area contributed by atoms with E-state index in [-0.39, 0.29) is 22.6 Å². The highest BCUT2D eigenvalue weighted by Crippen LogP contribution is 2.21. The Morgan fingerprint density at radius 1 is 1.00 bits per heavy atom. The summed E-state index contributed by atoms with van der Waals surface area (Å²) in [7, 11) is 0. The quantitative estimate of drug-likeness (QED) is 0.533. The third kappa shape index (κ3) is 2.65. The first-order chi connectivity index (χ1) is 12.1. The molecule has 0 fully saturated rings. The highest BCUT2D eigenvalue weighted by atomic mass is 16.6. The fraction of sp³-hybridized carbons (Fsp3) is 0.0500. The van der Waals surface area contributed by atoms with Crippen molar-refractivity contribution < 1.29 is 13.9 Å². The molecule has 4 rings (SSSR count). The van der Waals surface area contributed by atoms with Gasteiger partial charge in [0, 0.05) is 5.56 Å². The molecule has 5 heteroatoms. The summed E-state index contributed by atoms with van der Waals surface area (Å²) < 4.78 is 10.7. The Kier molecular flexibility index (Phi) is 3.54. The fourth-order valence-electron chi connectivity index (χ4n) is 2.68. The normalized spacial score (nSPS) is 15.5. The van der Waals surface area contributed by atoms with E-state index in [4.69, 9.17) is 9.15 Å². The smallest absolute Gasteiger partial charge is 0.363 e. The Bertz CT molecular complexity index is 1120. The van der Waals surface area contributed by atoms with Gasteiger partial charge in [-0.1, -0.05) is 30.3 Å². The number of carbonyl (C=O) groups excluding carboxylic acids is 1. The molecule has 0 unspecified atom stereocenters. The Hall–Kier alpha value is -3.47. The number of para-hydroxylation sites is 1. The number of fused-ring (bicyclic) bond motifs is 1. The largest absolute Gasteiger partial charge is 0.463 e. The number of hydrogen-bond acceptors (Lipinski definition) is 5. The van der Waals surface area contributed by atoms with Gasteiger partial charge in [-0.25, -0.2) is 9.79 Å². The maximum Gasteiger partial charge on any atom is 0.363 e. The van der Waals surface area contributed by atoms with Gasteiger partial charge >= 0.3 is 5.97 Å². The standard InChI is InChI=1S/C20H13NO4/c1-12-6-2-3-7-14(12)19-21-16(20(23)25-19)10-13-11-24-17-9-5-4-8-15(17)18(13)22/h2-11H,1H3. The zero-order valence-electron chi connectivity index (χ0n) is 13.4. The summed E-state index contributed by atoms with van der Waals surface area (Å²) in [6.45, 7) is 1.91. The van der Waals surface area contributed by atoms with Crippen molar-refractivity contribution in [3.8, 4) is 0 Å². The van der Waals surface area contributed by atoms with Gasteiger partial charge in [-0.05, 0) is 36.8 Å². The molecule has 1 aromatic heterocycles. The molecule has 0 aliphatic carbocycles. The zero-order valence-corrected chi connectivity index (χ0v) is 13.4. The second kappa shape index (κ2) is 5.87. The van der Waals surface area contributed by atoms with Crippen molar-refractivity contribution in [1.82, 2.24) is 0 Å². The van der Waals surface area contributed by atoms with Gasteiger partial charge < -0.3 is 9.15 Å². The first kappa shape index (κ1) is 15.1. The van der Waals surface area contributed by atoms with E-state index in [0.29, 0.717) is 11.0 Å². The number of carbonyl (C=O) groups is 1. The predicted molar refractivity (Wildman–Crippen MR) is 94.3 cm³/mol. The molecule has 0 N–H and O–H groups in total. The number of benzene rings is 2. The number of esters is 1. The van der Waals surface area contributed by atoms with Crippen LogP contribution < -0.4 is 5.43 Å². The van der Waals surface area contributed by atoms with Crippen LogP contribution in [0, 0.1) is 6.92 Å². The van der Waals surface area contributed by atoms with Crippen LogP contribution in [0.25, 0.3) is 17.0 Å². The summed E-state index contributed by atoms with van der Waals surface area (Å²) in [5, 5.41) is 0.450. The molecule has 5 nitrogen and oxygen atoms in total. The van der Waals surface area contributed by atoms with Gasteiger partial charge in [0.25, 0.3) is 0 Å². The maximum atomic E-state index is 12.5. The van der Waals surface area contributed by atoms with Crippen molar-refractivity contribution in [3.05, 3.63) is 87.4 Å². The minimum atomic E-state index is -0.592. The van der Waals surface area contributed by atoms with Gasteiger partial charge in [0.15, 0.2) is 11.1 Å². The minimum Gasteiger partial charge on any atom is -0.463 e. The van der Waals surface area contributed by atoms with Gasteiger partial charge in [0.05, 0.1) is 10.9 Å². The van der Waals surface area contributed by atoms with Crippen LogP contribution in [0.4, 0.5) is 0 Å². The summed E-state index contributed by atoms with van der Waals surface area (Å²) in [5.74, 6) is -0.356. The number of aryl methyl sites for hydroxylation is 1. The van der Waals surface area contributed by atoms with Crippen molar-refractivity contribution in [2.75, 3.05) is 0 Å². The van der Waals surface area contributed by atoms with Crippen LogP contribution in [0.3, 0.4) is 0 Å². The number of nitrogens with zero attached hydrogens (tertiary/aromatic N) is 1. The number of rotatable bonds is 2. The summed E-state index contributed by atoms with van der Waals surface area (Å²) in [4.78, 5) is 28.9. The molecule has 122 valence electrons. The average Bonchev–Trinajstić information content (AvgIpc) is 2.98.